The highest BCUT2D eigenvalue weighted by Gasteiger charge is 1.91. The Bertz CT molecular complexity index is 188. The van der Waals surface area contributed by atoms with Crippen molar-refractivity contribution in [2.24, 2.45) is 4.99 Å². The molecule has 0 aromatic rings. The Morgan fingerprint density at radius 3 is 2.64 bits per heavy atom. The molecule has 0 aliphatic carbocycles. The third-order valence-electron chi connectivity index (χ3n) is 1.74. The van der Waals surface area contributed by atoms with Gasteiger partial charge in [0.15, 0.2) is 0 Å². The molecule has 0 aliphatic rings. The average molecular weight is 169 g/mol. The minimum absolute atomic E-state index is 0.621. The highest BCUT2D eigenvalue weighted by atomic mass is 28.1. The van der Waals surface area contributed by atoms with Gasteiger partial charge in [-0.2, -0.15) is 0 Å². The lowest BCUT2D eigenvalue weighted by molar-refractivity contribution is 0.562. The van der Waals surface area contributed by atoms with Crippen LogP contribution in [0.4, 0.5) is 0 Å². The summed E-state index contributed by atoms with van der Waals surface area (Å²) in [4.78, 5) is 13.2. The molecule has 62 valence electrons. The van der Waals surface area contributed by atoms with E-state index in [2.05, 4.69) is 18.8 Å². The SMILES string of the molecule is CC([SiH3])=C(C)CCCN=C=O. The van der Waals surface area contributed by atoms with Gasteiger partial charge in [0.25, 0.3) is 0 Å². The molecule has 0 bridgehead atoms. The summed E-state index contributed by atoms with van der Waals surface area (Å²) < 4.78 is 0. The van der Waals surface area contributed by atoms with Crippen LogP contribution in [0.1, 0.15) is 26.7 Å². The van der Waals surface area contributed by atoms with Crippen molar-refractivity contribution < 1.29 is 4.79 Å². The first-order valence-electron chi connectivity index (χ1n) is 3.85. The number of allylic oxidation sites excluding steroid dienone is 2. The molecule has 0 aromatic carbocycles. The van der Waals surface area contributed by atoms with E-state index in [9.17, 15) is 4.79 Å². The van der Waals surface area contributed by atoms with E-state index in [0.29, 0.717) is 6.54 Å². The van der Waals surface area contributed by atoms with Gasteiger partial charge in [-0.1, -0.05) is 10.8 Å². The largest absolute Gasteiger partial charge is 0.234 e. The smallest absolute Gasteiger partial charge is 0.211 e. The molecule has 2 nitrogen and oxygen atoms in total. The van der Waals surface area contributed by atoms with Gasteiger partial charge in [0, 0.05) is 10.2 Å². The van der Waals surface area contributed by atoms with E-state index in [-0.39, 0.29) is 0 Å². The first kappa shape index (κ1) is 10.3. The lowest BCUT2D eigenvalue weighted by atomic mass is 10.1. The van der Waals surface area contributed by atoms with Gasteiger partial charge in [0.05, 0.1) is 6.54 Å². The van der Waals surface area contributed by atoms with Crippen molar-refractivity contribution in [3.8, 4) is 0 Å². The van der Waals surface area contributed by atoms with Crippen molar-refractivity contribution in [2.75, 3.05) is 6.54 Å². The number of hydrogen-bond donors (Lipinski definition) is 0. The predicted octanol–water partition coefficient (Wildman–Crippen LogP) is 0.762. The second-order valence-corrected chi connectivity index (χ2v) is 4.36. The zero-order valence-electron chi connectivity index (χ0n) is 7.48. The molecule has 0 radical (unpaired) electrons. The molecule has 0 rings (SSSR count). The summed E-state index contributed by atoms with van der Waals surface area (Å²) >= 11 is 0. The molecule has 0 heterocycles. The maximum Gasteiger partial charge on any atom is 0.234 e. The van der Waals surface area contributed by atoms with Crippen LogP contribution < -0.4 is 0 Å². The van der Waals surface area contributed by atoms with E-state index >= 15 is 0 Å². The zero-order valence-corrected chi connectivity index (χ0v) is 9.48. The maximum absolute atomic E-state index is 9.69. The molecular weight excluding hydrogens is 154 g/mol. The van der Waals surface area contributed by atoms with Gasteiger partial charge >= 0.3 is 0 Å². The van der Waals surface area contributed by atoms with Gasteiger partial charge < -0.3 is 0 Å². The molecule has 0 unspecified atom stereocenters. The second kappa shape index (κ2) is 6.07. The summed E-state index contributed by atoms with van der Waals surface area (Å²) in [5.74, 6) is 0. The first-order valence-corrected chi connectivity index (χ1v) is 4.85. The summed E-state index contributed by atoms with van der Waals surface area (Å²) in [5.41, 5.74) is 1.46. The first-order chi connectivity index (χ1) is 5.18. The van der Waals surface area contributed by atoms with Crippen LogP contribution in [0.3, 0.4) is 0 Å². The molecule has 0 aliphatic heterocycles. The molecule has 0 N–H and O–H groups in total. The van der Waals surface area contributed by atoms with Crippen LogP contribution in [0.5, 0.6) is 0 Å². The van der Waals surface area contributed by atoms with Crippen LogP contribution in [-0.4, -0.2) is 22.9 Å². The number of isocyanates is 1. The molecule has 0 saturated heterocycles. The van der Waals surface area contributed by atoms with Crippen molar-refractivity contribution in [3.05, 3.63) is 10.8 Å². The number of nitrogens with zero attached hydrogens (tertiary/aromatic N) is 1. The van der Waals surface area contributed by atoms with Crippen LogP contribution in [0.25, 0.3) is 0 Å². The second-order valence-electron chi connectivity index (χ2n) is 2.86. The number of rotatable bonds is 4. The fourth-order valence-electron chi connectivity index (χ4n) is 0.719. The van der Waals surface area contributed by atoms with Gasteiger partial charge in [0.1, 0.15) is 0 Å². The standard InChI is InChI=1S/C8H15NOSi/c1-7(8(2)11)4-3-5-9-6-10/h3-5H2,1-2,11H3. The molecular formula is C8H15NOSi. The average Bonchev–Trinajstić information content (AvgIpc) is 1.97. The van der Waals surface area contributed by atoms with E-state index in [0.717, 1.165) is 23.1 Å². The molecule has 0 amide bonds. The molecule has 3 heteroatoms. The molecule has 11 heavy (non-hydrogen) atoms. The van der Waals surface area contributed by atoms with Gasteiger partial charge in [0.2, 0.25) is 6.08 Å². The molecule has 0 fully saturated rings. The lowest BCUT2D eigenvalue weighted by Crippen LogP contribution is -1.86. The van der Waals surface area contributed by atoms with Crippen LogP contribution in [0, 0.1) is 0 Å². The lowest BCUT2D eigenvalue weighted by Gasteiger charge is -2.00. The molecule has 0 saturated carbocycles. The molecule has 0 aromatic heterocycles. The number of hydrogen-bond acceptors (Lipinski definition) is 2. The predicted molar refractivity (Wildman–Crippen MR) is 50.5 cm³/mol. The fourth-order valence-corrected chi connectivity index (χ4v) is 0.969. The third-order valence-corrected chi connectivity index (χ3v) is 2.59. The quantitative estimate of drug-likeness (QED) is 0.264. The van der Waals surface area contributed by atoms with E-state index in [4.69, 9.17) is 0 Å². The van der Waals surface area contributed by atoms with Gasteiger partial charge in [-0.15, -0.1) is 0 Å². The summed E-state index contributed by atoms with van der Waals surface area (Å²) in [6, 6.07) is 0. The Kier molecular flexibility index (Phi) is 5.71. The maximum atomic E-state index is 9.69. The van der Waals surface area contributed by atoms with E-state index in [1.165, 1.54) is 16.8 Å². The van der Waals surface area contributed by atoms with Gasteiger partial charge in [-0.25, -0.2) is 9.79 Å². The van der Waals surface area contributed by atoms with Crippen molar-refractivity contribution in [1.29, 1.82) is 0 Å². The summed E-state index contributed by atoms with van der Waals surface area (Å²) in [6.07, 6.45) is 3.58. The van der Waals surface area contributed by atoms with Crippen LogP contribution in [0.2, 0.25) is 0 Å². The Hall–Kier alpha value is -0.663. The Balaban J connectivity index is 3.55. The molecule has 0 spiro atoms. The summed E-state index contributed by atoms with van der Waals surface area (Å²) in [5, 5.41) is 1.50. The van der Waals surface area contributed by atoms with Crippen LogP contribution >= 0.6 is 0 Å². The number of carbonyl (C=O) groups excluding carboxylic acids is 1. The van der Waals surface area contributed by atoms with Crippen LogP contribution in [-0.2, 0) is 4.79 Å². The van der Waals surface area contributed by atoms with Gasteiger partial charge in [-0.05, 0) is 26.7 Å². The van der Waals surface area contributed by atoms with Gasteiger partial charge in [-0.3, -0.25) is 0 Å². The Labute approximate surface area is 70.8 Å². The minimum atomic E-state index is 0.621. The van der Waals surface area contributed by atoms with E-state index in [1.807, 2.05) is 0 Å². The topological polar surface area (TPSA) is 29.4 Å². The van der Waals surface area contributed by atoms with Crippen molar-refractivity contribution in [2.45, 2.75) is 26.7 Å². The Morgan fingerprint density at radius 1 is 1.55 bits per heavy atom. The van der Waals surface area contributed by atoms with Crippen molar-refractivity contribution in [1.82, 2.24) is 0 Å². The highest BCUT2D eigenvalue weighted by molar-refractivity contribution is 6.21. The normalized spacial score (nSPS) is 12.2. The van der Waals surface area contributed by atoms with Crippen LogP contribution in [0.15, 0.2) is 15.8 Å². The molecule has 0 atom stereocenters. The van der Waals surface area contributed by atoms with E-state index in [1.54, 1.807) is 0 Å². The van der Waals surface area contributed by atoms with Crippen molar-refractivity contribution in [3.63, 3.8) is 0 Å². The van der Waals surface area contributed by atoms with E-state index < -0.39 is 0 Å². The minimum Gasteiger partial charge on any atom is -0.211 e. The van der Waals surface area contributed by atoms with Crippen molar-refractivity contribution >= 4 is 16.3 Å². The summed E-state index contributed by atoms with van der Waals surface area (Å²) in [6.45, 7) is 4.92. The number of aliphatic imine (C=N–C) groups is 1. The fraction of sp³-hybridized carbons (Fsp3) is 0.625. The highest BCUT2D eigenvalue weighted by Crippen LogP contribution is 2.06. The Morgan fingerprint density at radius 2 is 2.18 bits per heavy atom. The monoisotopic (exact) mass is 169 g/mol. The zero-order chi connectivity index (χ0) is 8.69. The summed E-state index contributed by atoms with van der Waals surface area (Å²) in [7, 11) is 1.14. The third kappa shape index (κ3) is 5.77.